The zero-order valence-electron chi connectivity index (χ0n) is 57.8. The Labute approximate surface area is 623 Å². The second-order valence-corrected chi connectivity index (χ2v) is 18.9. The smallest absolute Gasteiger partial charge is 0.309 e. The molecule has 11 rings (SSSR count). The fourth-order valence-electron chi connectivity index (χ4n) is 7.50. The minimum atomic E-state index is -0.250. The molecule has 18 nitrogen and oxygen atoms in total. The van der Waals surface area contributed by atoms with Crippen molar-refractivity contribution in [3.8, 4) is 52.1 Å². The summed E-state index contributed by atoms with van der Waals surface area (Å²) < 4.78 is 10.7. The summed E-state index contributed by atoms with van der Waals surface area (Å²) in [5.74, 6) is 12.9. The van der Waals surface area contributed by atoms with Crippen LogP contribution in [0.15, 0.2) is 291 Å². The predicted octanol–water partition coefficient (Wildman–Crippen LogP) is 12.9. The van der Waals surface area contributed by atoms with Gasteiger partial charge in [-0.1, -0.05) is 236 Å². The molecule has 0 aliphatic heterocycles. The normalized spacial score (nSPS) is 9.07. The Hall–Kier alpha value is -10.1. The Bertz CT molecular complexity index is 3750. The summed E-state index contributed by atoms with van der Waals surface area (Å²) in [5, 5.41) is 43.3. The van der Waals surface area contributed by atoms with E-state index < -0.39 is 0 Å². The van der Waals surface area contributed by atoms with Crippen molar-refractivity contribution in [2.75, 3.05) is 48.6 Å². The molecule has 21 heteroatoms. The van der Waals surface area contributed by atoms with E-state index in [0.717, 1.165) is 56.7 Å². The van der Waals surface area contributed by atoms with E-state index in [0.29, 0.717) is 18.0 Å². The van der Waals surface area contributed by atoms with Gasteiger partial charge in [-0.15, -0.1) is 29.3 Å². The number of ether oxygens (including phenoxy) is 1. The summed E-state index contributed by atoms with van der Waals surface area (Å²) in [6, 6.07) is 89.8. The van der Waals surface area contributed by atoms with E-state index in [1.54, 1.807) is 30.1 Å². The van der Waals surface area contributed by atoms with Crippen LogP contribution in [-0.4, -0.2) is 95.6 Å². The number of rotatable bonds is 13. The van der Waals surface area contributed by atoms with Gasteiger partial charge in [0.2, 0.25) is 12.2 Å². The van der Waals surface area contributed by atoms with Crippen molar-refractivity contribution in [3.63, 3.8) is 0 Å². The number of benzene rings is 9. The molecule has 0 atom stereocenters. The average Bonchev–Trinajstić information content (AvgIpc) is 1.69. The van der Waals surface area contributed by atoms with Crippen LogP contribution in [0.25, 0.3) is 34.2 Å². The second-order valence-electron chi connectivity index (χ2n) is 18.9. The monoisotopic (exact) mass is 1580 g/mol. The number of aryl methyl sites for hydroxylation is 1. The highest BCUT2D eigenvalue weighted by atomic mass is 127. The fraction of sp³-hybridized carbons (Fsp3) is 0.179. The Kier molecular flexibility index (Phi) is 56.6. The SMILES string of the molecule is CC#CC.CCN(CC)CC.CCO.CCOC(=N)c1ccccc1.CI.C[n+]1cn(-c2ccccc2)nc1-c1ccccc1.Cl.N#Cc1ccccc1.NC(=NNc1ccccc1)c1ccccc1.NNc1ccccc1.O=CO.[I-].c1ccc(-c2ncn(-c3ccccc3)n2)cc1. The molecular weight excluding hydrogens is 1490 g/mol. The third-order valence-corrected chi connectivity index (χ3v) is 12.3. The van der Waals surface area contributed by atoms with Crippen LogP contribution in [0.1, 0.15) is 65.2 Å². The highest BCUT2D eigenvalue weighted by molar-refractivity contribution is 14.1. The lowest BCUT2D eigenvalue weighted by Crippen LogP contribution is -3.00. The molecule has 11 aromatic rings. The Morgan fingerprint density at radius 1 is 0.616 bits per heavy atom. The summed E-state index contributed by atoms with van der Waals surface area (Å²) >= 11 is 2.15. The number of nitrogens with two attached hydrogens (primary N) is 2. The third kappa shape index (κ3) is 41.0. The number of nitriles is 1. The van der Waals surface area contributed by atoms with Crippen LogP contribution in [0.3, 0.4) is 0 Å². The van der Waals surface area contributed by atoms with Crippen LogP contribution in [0, 0.1) is 28.6 Å². The lowest BCUT2D eigenvalue weighted by atomic mass is 10.2. The fourth-order valence-corrected chi connectivity index (χ4v) is 7.50. The molecular formula is C78H95ClI2N14O4. The zero-order valence-corrected chi connectivity index (χ0v) is 62.9. The van der Waals surface area contributed by atoms with Crippen LogP contribution >= 0.6 is 35.0 Å². The van der Waals surface area contributed by atoms with Gasteiger partial charge in [-0.25, -0.2) is 14.2 Å². The van der Waals surface area contributed by atoms with Crippen molar-refractivity contribution in [3.05, 3.63) is 302 Å². The number of nitrogens with zero attached hydrogens (tertiary/aromatic N) is 9. The van der Waals surface area contributed by atoms with Crippen LogP contribution in [-0.2, 0) is 16.6 Å². The van der Waals surface area contributed by atoms with Crippen molar-refractivity contribution in [1.82, 2.24) is 29.4 Å². The Morgan fingerprint density at radius 3 is 1.34 bits per heavy atom. The Morgan fingerprint density at radius 2 is 0.980 bits per heavy atom. The number of aliphatic hydroxyl groups excluding tert-OH is 1. The van der Waals surface area contributed by atoms with Crippen LogP contribution < -0.4 is 51.0 Å². The molecule has 0 fully saturated rings. The quantitative estimate of drug-likeness (QED) is 0.00653. The number of alkyl halides is 1. The molecule has 522 valence electrons. The van der Waals surface area contributed by atoms with Gasteiger partial charge in [0.15, 0.2) is 11.7 Å². The summed E-state index contributed by atoms with van der Waals surface area (Å²) in [4.78, 5) is 17.0. The summed E-state index contributed by atoms with van der Waals surface area (Å²) in [7, 11) is 2.01. The Balaban J connectivity index is 0. The zero-order chi connectivity index (χ0) is 71.4. The number of carbonyl (C=O) groups is 1. The number of nitrogen functional groups attached to an aromatic ring is 1. The van der Waals surface area contributed by atoms with Gasteiger partial charge in [-0.05, 0) is 137 Å². The molecule has 2 heterocycles. The molecule has 2 aromatic heterocycles. The number of aromatic nitrogens is 6. The van der Waals surface area contributed by atoms with Crippen molar-refractivity contribution in [1.29, 1.82) is 10.7 Å². The minimum Gasteiger partial charge on any atom is -1.00 e. The maximum atomic E-state index is 8.36. The second kappa shape index (κ2) is 61.5. The van der Waals surface area contributed by atoms with Gasteiger partial charge in [0.1, 0.15) is 12.0 Å². The number of nitrogens with one attached hydrogen (secondary N) is 3. The number of hydrazine groups is 1. The molecule has 0 radical (unpaired) electrons. The molecule has 9 N–H and O–H groups in total. The first kappa shape index (κ1) is 91.0. The van der Waals surface area contributed by atoms with E-state index in [1.807, 2.05) is 303 Å². The van der Waals surface area contributed by atoms with E-state index in [9.17, 15) is 0 Å². The van der Waals surface area contributed by atoms with Crippen molar-refractivity contribution in [2.24, 2.45) is 23.7 Å². The lowest BCUT2D eigenvalue weighted by molar-refractivity contribution is -0.661. The van der Waals surface area contributed by atoms with Gasteiger partial charge >= 0.3 is 5.82 Å². The number of halogens is 3. The van der Waals surface area contributed by atoms with Crippen LogP contribution in [0.4, 0.5) is 11.4 Å². The largest absolute Gasteiger partial charge is 1.00 e. The number of hydrogen-bond acceptors (Lipinski definition) is 13. The first-order valence-corrected chi connectivity index (χ1v) is 33.2. The van der Waals surface area contributed by atoms with Crippen molar-refractivity contribution < 1.29 is 48.3 Å². The number of anilines is 2. The van der Waals surface area contributed by atoms with E-state index in [4.69, 9.17) is 42.0 Å². The number of hydrazone groups is 1. The molecule has 0 amide bonds. The summed E-state index contributed by atoms with van der Waals surface area (Å²) in [5.41, 5.74) is 19.8. The van der Waals surface area contributed by atoms with Crippen molar-refractivity contribution in [2.45, 2.75) is 48.5 Å². The number of amidine groups is 1. The number of aliphatic hydroxyl groups is 1. The van der Waals surface area contributed by atoms with Crippen LogP contribution in [0.5, 0.6) is 0 Å². The van der Waals surface area contributed by atoms with E-state index in [1.165, 1.54) is 19.6 Å². The van der Waals surface area contributed by atoms with E-state index >= 15 is 0 Å². The van der Waals surface area contributed by atoms with Gasteiger partial charge in [0, 0.05) is 29.0 Å². The molecule has 0 saturated carbocycles. The first-order chi connectivity index (χ1) is 47.4. The highest BCUT2D eigenvalue weighted by Gasteiger charge is 2.17. The molecule has 0 bridgehead atoms. The van der Waals surface area contributed by atoms with Gasteiger partial charge in [0.25, 0.3) is 6.47 Å². The topological polar surface area (TPSA) is 259 Å². The predicted molar refractivity (Wildman–Crippen MR) is 416 cm³/mol. The number of hydrogen-bond donors (Lipinski definition) is 7. The minimum absolute atomic E-state index is 0. The summed E-state index contributed by atoms with van der Waals surface area (Å²) in [6.07, 6.45) is 3.72. The molecule has 0 unspecified atom stereocenters. The molecule has 0 saturated heterocycles. The van der Waals surface area contributed by atoms with E-state index in [2.05, 4.69) is 103 Å². The van der Waals surface area contributed by atoms with Gasteiger partial charge in [-0.3, -0.25) is 21.5 Å². The van der Waals surface area contributed by atoms with Gasteiger partial charge < -0.3 is 55.0 Å². The van der Waals surface area contributed by atoms with Gasteiger partial charge in [-0.2, -0.15) is 10.4 Å². The third-order valence-electron chi connectivity index (χ3n) is 12.3. The average molecular weight is 1580 g/mol. The maximum Gasteiger partial charge on any atom is 0.309 e. The van der Waals surface area contributed by atoms with Crippen LogP contribution in [0.2, 0.25) is 0 Å². The van der Waals surface area contributed by atoms with Gasteiger partial charge in [0.05, 0.1) is 47.3 Å². The lowest BCUT2D eigenvalue weighted by Gasteiger charge is -2.13. The molecule has 0 aliphatic carbocycles. The maximum absolute atomic E-state index is 8.36. The standard InChI is InChI=1S/C15H14N3.C14H11N3.C13H13N3.C9H11NO.C7H5N.C6H8N2.C6H15N.C4H6.C2H6O.CH3I.CH2O2.ClH.HI/c1-17-12-18(14-10-6-3-7-11-14)16-15(17)13-8-4-2-5-9-13;1-3-7-12(8-4-1)14-15-11-17(16-14)13-9-5-2-6-10-13;14-13(11-7-3-1-4-8-11)16-15-12-9-5-2-6-10-12;1-2-11-9(10)8-6-4-3-5-7-8;8-6-7-4-2-1-3-5-7;7-8-6-4-2-1-3-5-6;1-4-7(5-2)6-3;1-3-4-2;1-2-3;1-2;2-1-3;;/h2-12H,1H3;1-11H;1-10,15H,(H2,14,16);3-7,10H,2H2,1H3;1-5H;1-5,8H,7H2;4-6H2,1-3H3;1-2H3;3H,2H2,1H3;1H3;1H,(H,2,3);2*1H/q+1;;;;;;;;;;;;/p-1. The molecule has 99 heavy (non-hydrogen) atoms. The molecule has 0 spiro atoms. The van der Waals surface area contributed by atoms with Crippen molar-refractivity contribution >= 4 is 64.6 Å². The van der Waals surface area contributed by atoms with E-state index in [-0.39, 0.29) is 55.4 Å². The molecule has 9 aromatic carbocycles. The highest BCUT2D eigenvalue weighted by Crippen LogP contribution is 2.16. The number of para-hydroxylation sites is 4. The number of carboxylic acid groups (broad SMARTS) is 1. The summed E-state index contributed by atoms with van der Waals surface area (Å²) in [6.45, 7) is 17.9. The molecule has 0 aliphatic rings. The first-order valence-electron chi connectivity index (χ1n) is 31.1.